The Bertz CT molecular complexity index is 902. The number of hydrogen-bond donors (Lipinski definition) is 2. The zero-order valence-electron chi connectivity index (χ0n) is 15.6. The lowest BCUT2D eigenvalue weighted by Gasteiger charge is -2.09. The number of amides is 1. The Kier molecular flexibility index (Phi) is 5.66. The van der Waals surface area contributed by atoms with Crippen molar-refractivity contribution in [3.8, 4) is 5.75 Å². The van der Waals surface area contributed by atoms with Crippen LogP contribution < -0.4 is 15.4 Å². The smallest absolute Gasteiger partial charge is 0.251 e. The first-order chi connectivity index (χ1) is 13.0. The highest BCUT2D eigenvalue weighted by atomic mass is 16.5. The lowest BCUT2D eigenvalue weighted by Crippen LogP contribution is -2.22. The van der Waals surface area contributed by atoms with Crippen LogP contribution in [0, 0.1) is 13.8 Å². The molecule has 1 amide bonds. The fraction of sp³-hybridized carbons (Fsp3) is 0.190. The van der Waals surface area contributed by atoms with Crippen molar-refractivity contribution >= 4 is 17.5 Å². The fourth-order valence-corrected chi connectivity index (χ4v) is 2.64. The molecule has 0 saturated carbocycles. The molecular weight excluding hydrogens is 340 g/mol. The number of methoxy groups -OCH3 is 1. The van der Waals surface area contributed by atoms with Gasteiger partial charge in [0.2, 0.25) is 5.95 Å². The van der Waals surface area contributed by atoms with Gasteiger partial charge >= 0.3 is 0 Å². The van der Waals surface area contributed by atoms with E-state index in [4.69, 9.17) is 4.74 Å². The van der Waals surface area contributed by atoms with Gasteiger partial charge in [-0.05, 0) is 61.9 Å². The average Bonchev–Trinajstić information content (AvgIpc) is 2.66. The van der Waals surface area contributed by atoms with Crippen molar-refractivity contribution in [2.75, 3.05) is 12.4 Å². The number of carbonyl (C=O) groups is 1. The molecule has 0 aliphatic carbocycles. The zero-order valence-corrected chi connectivity index (χ0v) is 15.6. The molecule has 1 aromatic heterocycles. The van der Waals surface area contributed by atoms with Crippen LogP contribution in [0.25, 0.3) is 0 Å². The number of carbonyl (C=O) groups excluding carboxylic acids is 1. The van der Waals surface area contributed by atoms with Crippen molar-refractivity contribution in [1.82, 2.24) is 15.3 Å². The zero-order chi connectivity index (χ0) is 19.2. The summed E-state index contributed by atoms with van der Waals surface area (Å²) >= 11 is 0. The van der Waals surface area contributed by atoms with E-state index in [2.05, 4.69) is 20.6 Å². The van der Waals surface area contributed by atoms with Crippen LogP contribution >= 0.6 is 0 Å². The van der Waals surface area contributed by atoms with Crippen molar-refractivity contribution in [2.45, 2.75) is 20.4 Å². The predicted molar refractivity (Wildman–Crippen MR) is 105 cm³/mol. The third-order valence-electron chi connectivity index (χ3n) is 4.00. The van der Waals surface area contributed by atoms with Crippen LogP contribution in [0.2, 0.25) is 0 Å². The second-order valence-corrected chi connectivity index (χ2v) is 6.21. The van der Waals surface area contributed by atoms with E-state index >= 15 is 0 Å². The van der Waals surface area contributed by atoms with E-state index in [9.17, 15) is 4.79 Å². The van der Waals surface area contributed by atoms with Gasteiger partial charge in [-0.1, -0.05) is 12.1 Å². The fourth-order valence-electron chi connectivity index (χ4n) is 2.64. The minimum absolute atomic E-state index is 0.125. The maximum absolute atomic E-state index is 12.3. The Morgan fingerprint density at radius 1 is 0.963 bits per heavy atom. The molecule has 0 radical (unpaired) electrons. The molecule has 6 heteroatoms. The van der Waals surface area contributed by atoms with E-state index in [1.54, 1.807) is 19.2 Å². The van der Waals surface area contributed by atoms with Crippen molar-refractivity contribution in [3.05, 3.63) is 77.1 Å². The molecule has 0 aliphatic rings. The third kappa shape index (κ3) is 5.04. The summed E-state index contributed by atoms with van der Waals surface area (Å²) in [7, 11) is 1.63. The standard InChI is InChI=1S/C21H22N4O2/c1-14-12-15(2)24-21(23-14)25-18-8-6-17(7-9-18)20(26)22-13-16-4-10-19(27-3)11-5-16/h4-12H,13H2,1-3H3,(H,22,26)(H,23,24,25). The number of aryl methyl sites for hydroxylation is 2. The highest BCUT2D eigenvalue weighted by Crippen LogP contribution is 2.15. The summed E-state index contributed by atoms with van der Waals surface area (Å²) in [6, 6.07) is 16.7. The normalized spacial score (nSPS) is 10.3. The summed E-state index contributed by atoms with van der Waals surface area (Å²) in [4.78, 5) is 21.0. The van der Waals surface area contributed by atoms with E-state index in [1.807, 2.05) is 56.3 Å². The first-order valence-electron chi connectivity index (χ1n) is 8.64. The maximum Gasteiger partial charge on any atom is 0.251 e. The Balaban J connectivity index is 1.59. The summed E-state index contributed by atoms with van der Waals surface area (Å²) in [5.74, 6) is 1.21. The topological polar surface area (TPSA) is 76.1 Å². The van der Waals surface area contributed by atoms with Crippen LogP contribution in [0.15, 0.2) is 54.6 Å². The summed E-state index contributed by atoms with van der Waals surface area (Å²) < 4.78 is 5.13. The van der Waals surface area contributed by atoms with Gasteiger partial charge in [-0.15, -0.1) is 0 Å². The monoisotopic (exact) mass is 362 g/mol. The molecule has 6 nitrogen and oxygen atoms in total. The van der Waals surface area contributed by atoms with Crippen molar-refractivity contribution in [1.29, 1.82) is 0 Å². The van der Waals surface area contributed by atoms with E-state index < -0.39 is 0 Å². The van der Waals surface area contributed by atoms with Gasteiger partial charge in [0.05, 0.1) is 7.11 Å². The van der Waals surface area contributed by atoms with Crippen LogP contribution in [-0.4, -0.2) is 23.0 Å². The number of ether oxygens (including phenoxy) is 1. The van der Waals surface area contributed by atoms with E-state index in [-0.39, 0.29) is 5.91 Å². The Hall–Kier alpha value is -3.41. The molecule has 1 heterocycles. The molecule has 0 bridgehead atoms. The number of anilines is 2. The molecule has 3 rings (SSSR count). The Morgan fingerprint density at radius 2 is 1.59 bits per heavy atom. The predicted octanol–water partition coefficient (Wildman–Crippen LogP) is 3.78. The Labute approximate surface area is 158 Å². The van der Waals surface area contributed by atoms with E-state index in [1.165, 1.54) is 0 Å². The summed E-state index contributed by atoms with van der Waals surface area (Å²) in [6.45, 7) is 4.31. The van der Waals surface area contributed by atoms with Crippen LogP contribution in [0.4, 0.5) is 11.6 Å². The van der Waals surface area contributed by atoms with Crippen LogP contribution in [0.5, 0.6) is 5.75 Å². The lowest BCUT2D eigenvalue weighted by molar-refractivity contribution is 0.0951. The molecule has 3 aromatic rings. The molecule has 0 aliphatic heterocycles. The van der Waals surface area contributed by atoms with Crippen molar-refractivity contribution in [2.24, 2.45) is 0 Å². The average molecular weight is 362 g/mol. The highest BCUT2D eigenvalue weighted by molar-refractivity contribution is 5.94. The second-order valence-electron chi connectivity index (χ2n) is 6.21. The van der Waals surface area contributed by atoms with Crippen molar-refractivity contribution in [3.63, 3.8) is 0 Å². The van der Waals surface area contributed by atoms with Crippen molar-refractivity contribution < 1.29 is 9.53 Å². The molecule has 0 saturated heterocycles. The molecule has 2 N–H and O–H groups in total. The van der Waals surface area contributed by atoms with Crippen LogP contribution in [0.3, 0.4) is 0 Å². The SMILES string of the molecule is COc1ccc(CNC(=O)c2ccc(Nc3nc(C)cc(C)n3)cc2)cc1. The van der Waals surface area contributed by atoms with Crippen LogP contribution in [-0.2, 0) is 6.54 Å². The summed E-state index contributed by atoms with van der Waals surface area (Å²) in [5.41, 5.74) is 4.23. The van der Waals surface area contributed by atoms with Gasteiger partial charge in [-0.25, -0.2) is 9.97 Å². The molecule has 0 spiro atoms. The van der Waals surface area contributed by atoms with Gasteiger partial charge in [0.15, 0.2) is 0 Å². The largest absolute Gasteiger partial charge is 0.497 e. The number of nitrogens with zero attached hydrogens (tertiary/aromatic N) is 2. The quantitative estimate of drug-likeness (QED) is 0.698. The minimum Gasteiger partial charge on any atom is -0.497 e. The van der Waals surface area contributed by atoms with Gasteiger partial charge in [0.1, 0.15) is 5.75 Å². The molecule has 138 valence electrons. The van der Waals surface area contributed by atoms with E-state index in [0.717, 1.165) is 28.4 Å². The van der Waals surface area contributed by atoms with Gasteiger partial charge in [0.25, 0.3) is 5.91 Å². The van der Waals surface area contributed by atoms with Gasteiger partial charge in [-0.2, -0.15) is 0 Å². The molecule has 0 fully saturated rings. The third-order valence-corrected chi connectivity index (χ3v) is 4.00. The molecule has 27 heavy (non-hydrogen) atoms. The van der Waals surface area contributed by atoms with Gasteiger partial charge < -0.3 is 15.4 Å². The maximum atomic E-state index is 12.3. The molecule has 0 unspecified atom stereocenters. The first-order valence-corrected chi connectivity index (χ1v) is 8.64. The minimum atomic E-state index is -0.125. The number of rotatable bonds is 6. The summed E-state index contributed by atoms with van der Waals surface area (Å²) in [5, 5.41) is 6.07. The molecule has 2 aromatic carbocycles. The van der Waals surface area contributed by atoms with E-state index in [0.29, 0.717) is 18.1 Å². The second kappa shape index (κ2) is 8.31. The number of nitrogens with one attached hydrogen (secondary N) is 2. The van der Waals surface area contributed by atoms with Gasteiger partial charge in [-0.3, -0.25) is 4.79 Å². The number of aromatic nitrogens is 2. The van der Waals surface area contributed by atoms with Gasteiger partial charge in [0, 0.05) is 29.2 Å². The number of hydrogen-bond acceptors (Lipinski definition) is 5. The highest BCUT2D eigenvalue weighted by Gasteiger charge is 2.06. The first kappa shape index (κ1) is 18.4. The Morgan fingerprint density at radius 3 is 2.19 bits per heavy atom. The summed E-state index contributed by atoms with van der Waals surface area (Å²) in [6.07, 6.45) is 0. The molecule has 0 atom stereocenters. The molecular formula is C21H22N4O2. The van der Waals surface area contributed by atoms with Crippen LogP contribution in [0.1, 0.15) is 27.3 Å². The number of benzene rings is 2. The lowest BCUT2D eigenvalue weighted by atomic mass is 10.1.